The van der Waals surface area contributed by atoms with Crippen molar-refractivity contribution >= 4 is 0 Å². The maximum atomic E-state index is 9.70. The molecule has 5 aromatic rings. The van der Waals surface area contributed by atoms with Gasteiger partial charge in [0, 0.05) is 17.8 Å². The van der Waals surface area contributed by atoms with Gasteiger partial charge in [-0.3, -0.25) is 0 Å². The van der Waals surface area contributed by atoms with Crippen LogP contribution in [0, 0.1) is 5.92 Å². The lowest BCUT2D eigenvalue weighted by atomic mass is 9.69. The first kappa shape index (κ1) is 20.4. The second-order valence-electron chi connectivity index (χ2n) is 9.53. The molecule has 1 N–H and O–H groups in total. The molecule has 0 fully saturated rings. The van der Waals surface area contributed by atoms with Crippen LogP contribution in [0.25, 0.3) is 22.3 Å². The molecule has 0 atom stereocenters. The lowest BCUT2D eigenvalue weighted by Gasteiger charge is -2.32. The van der Waals surface area contributed by atoms with Crippen LogP contribution in [0.5, 0.6) is 0 Å². The quantitative estimate of drug-likeness (QED) is 0.298. The molecule has 7 rings (SSSR count). The van der Waals surface area contributed by atoms with E-state index in [2.05, 4.69) is 121 Å². The monoisotopic (exact) mass is 449 g/mol. The highest BCUT2D eigenvalue weighted by Gasteiger charge is 2.43. The van der Waals surface area contributed by atoms with Gasteiger partial charge >= 0.3 is 0 Å². The van der Waals surface area contributed by atoms with E-state index in [1.807, 2.05) is 0 Å². The first-order valence-corrected chi connectivity index (χ1v) is 12.3. The lowest BCUT2D eigenvalue weighted by molar-refractivity contribution is 0.282. The van der Waals surface area contributed by atoms with Gasteiger partial charge in [-0.15, -0.1) is 0 Å². The lowest BCUT2D eigenvalue weighted by Crippen LogP contribution is -2.20. The van der Waals surface area contributed by atoms with Gasteiger partial charge in [-0.05, 0) is 55.6 Å². The maximum Gasteiger partial charge on any atom is 0.0681 e. The van der Waals surface area contributed by atoms with Gasteiger partial charge in [-0.2, -0.15) is 0 Å². The number of benzene rings is 5. The minimum atomic E-state index is 0.0554. The van der Waals surface area contributed by atoms with Crippen molar-refractivity contribution in [3.8, 4) is 22.3 Å². The van der Waals surface area contributed by atoms with Crippen molar-refractivity contribution in [1.82, 2.24) is 0 Å². The molecule has 0 unspecified atom stereocenters. The Balaban J connectivity index is 1.52. The van der Waals surface area contributed by atoms with E-state index in [9.17, 15) is 5.11 Å². The molecule has 0 saturated carbocycles. The highest BCUT2D eigenvalue weighted by Crippen LogP contribution is 2.59. The predicted octanol–water partition coefficient (Wildman–Crippen LogP) is 7.73. The molecule has 0 heterocycles. The number of aliphatic hydroxyl groups excluding tert-OH is 1. The molecular weight excluding hydrogens is 424 g/mol. The minimum absolute atomic E-state index is 0.0554. The van der Waals surface area contributed by atoms with Crippen LogP contribution in [0.3, 0.4) is 0 Å². The summed E-state index contributed by atoms with van der Waals surface area (Å²) >= 11 is 0. The molecule has 1 nitrogen and oxygen atoms in total. The largest absolute Gasteiger partial charge is 0.392 e. The summed E-state index contributed by atoms with van der Waals surface area (Å²) in [6.07, 6.45) is 0. The Morgan fingerprint density at radius 2 is 0.800 bits per heavy atom. The van der Waals surface area contributed by atoms with Crippen LogP contribution >= 0.6 is 0 Å². The summed E-state index contributed by atoms with van der Waals surface area (Å²) in [6, 6.07) is 44.0. The van der Waals surface area contributed by atoms with Crippen molar-refractivity contribution in [2.45, 2.75) is 18.4 Å². The van der Waals surface area contributed by atoms with E-state index in [-0.39, 0.29) is 18.4 Å². The van der Waals surface area contributed by atoms with Gasteiger partial charge in [0.25, 0.3) is 0 Å². The third-order valence-corrected chi connectivity index (χ3v) is 7.76. The maximum absolute atomic E-state index is 9.70. The standard InChI is InChI=1S/C34H25O/c35-21-22-17-19-23(20-18-22)32(33-28-13-5-1-9-24(28)25-10-2-6-14-29(25)33)34-30-15-7-3-11-26(30)27-12-4-8-16-31(27)34/h1-20,33-35H,21H2. The highest BCUT2D eigenvalue weighted by molar-refractivity contribution is 5.85. The average Bonchev–Trinajstić information content (AvgIpc) is 3.44. The predicted molar refractivity (Wildman–Crippen MR) is 142 cm³/mol. The number of hydrogen-bond donors (Lipinski definition) is 1. The molecule has 0 aliphatic heterocycles. The highest BCUT2D eigenvalue weighted by atomic mass is 16.3. The average molecular weight is 450 g/mol. The molecule has 35 heavy (non-hydrogen) atoms. The van der Waals surface area contributed by atoms with Crippen LogP contribution < -0.4 is 0 Å². The van der Waals surface area contributed by atoms with Crippen LogP contribution in [0.2, 0.25) is 0 Å². The molecule has 0 aromatic heterocycles. The van der Waals surface area contributed by atoms with E-state index in [0.717, 1.165) is 5.56 Å². The van der Waals surface area contributed by atoms with Crippen LogP contribution in [0.4, 0.5) is 0 Å². The smallest absolute Gasteiger partial charge is 0.0681 e. The Morgan fingerprint density at radius 3 is 1.14 bits per heavy atom. The minimum Gasteiger partial charge on any atom is -0.392 e. The van der Waals surface area contributed by atoms with Gasteiger partial charge in [0.2, 0.25) is 0 Å². The van der Waals surface area contributed by atoms with Gasteiger partial charge in [0.15, 0.2) is 0 Å². The van der Waals surface area contributed by atoms with Crippen molar-refractivity contribution in [3.05, 3.63) is 161 Å². The van der Waals surface area contributed by atoms with Crippen molar-refractivity contribution in [2.24, 2.45) is 0 Å². The first-order chi connectivity index (χ1) is 17.3. The zero-order valence-corrected chi connectivity index (χ0v) is 19.4. The molecule has 1 heteroatoms. The number of aliphatic hydroxyl groups is 1. The van der Waals surface area contributed by atoms with Crippen LogP contribution in [-0.4, -0.2) is 5.11 Å². The SMILES string of the molecule is OCc1ccc([C](C2c3ccccc3-c3ccccc32)C2c3ccccc3-c3ccccc32)cc1. The summed E-state index contributed by atoms with van der Waals surface area (Å²) in [7, 11) is 0. The number of rotatable bonds is 4. The van der Waals surface area contributed by atoms with Crippen molar-refractivity contribution in [1.29, 1.82) is 0 Å². The van der Waals surface area contributed by atoms with Gasteiger partial charge in [-0.1, -0.05) is 121 Å². The first-order valence-electron chi connectivity index (χ1n) is 12.3. The van der Waals surface area contributed by atoms with E-state index in [4.69, 9.17) is 0 Å². The fourth-order valence-corrected chi connectivity index (χ4v) is 6.28. The number of fused-ring (bicyclic) bond motifs is 6. The van der Waals surface area contributed by atoms with Crippen LogP contribution in [-0.2, 0) is 6.61 Å². The van der Waals surface area contributed by atoms with E-state index >= 15 is 0 Å². The summed E-state index contributed by atoms with van der Waals surface area (Å²) in [4.78, 5) is 0. The Morgan fingerprint density at radius 1 is 0.457 bits per heavy atom. The van der Waals surface area contributed by atoms with E-state index in [0.29, 0.717) is 0 Å². The topological polar surface area (TPSA) is 20.2 Å². The molecule has 1 radical (unpaired) electrons. The van der Waals surface area contributed by atoms with Gasteiger partial charge < -0.3 is 5.11 Å². The summed E-state index contributed by atoms with van der Waals surface area (Å²) in [5, 5.41) is 9.70. The molecular formula is C34H25O. The van der Waals surface area contributed by atoms with Crippen LogP contribution in [0.1, 0.15) is 45.2 Å². The Labute approximate surface area is 206 Å². The summed E-state index contributed by atoms with van der Waals surface area (Å²) in [5.41, 5.74) is 13.0. The summed E-state index contributed by atoms with van der Waals surface area (Å²) < 4.78 is 0. The fourth-order valence-electron chi connectivity index (χ4n) is 6.28. The second kappa shape index (κ2) is 8.08. The number of hydrogen-bond acceptors (Lipinski definition) is 1. The van der Waals surface area contributed by atoms with Crippen molar-refractivity contribution in [3.63, 3.8) is 0 Å². The molecule has 5 aromatic carbocycles. The van der Waals surface area contributed by atoms with E-state index < -0.39 is 0 Å². The molecule has 167 valence electrons. The fraction of sp³-hybridized carbons (Fsp3) is 0.0882. The van der Waals surface area contributed by atoms with Crippen molar-refractivity contribution in [2.75, 3.05) is 0 Å². The Hall–Kier alpha value is -3.94. The van der Waals surface area contributed by atoms with Crippen molar-refractivity contribution < 1.29 is 5.11 Å². The zero-order valence-electron chi connectivity index (χ0n) is 19.4. The molecule has 0 saturated heterocycles. The normalized spacial score (nSPS) is 14.0. The van der Waals surface area contributed by atoms with E-state index in [1.54, 1.807) is 0 Å². The molecule has 0 spiro atoms. The third kappa shape index (κ3) is 3.05. The molecule has 2 aliphatic carbocycles. The van der Waals surface area contributed by atoms with Gasteiger partial charge in [0.05, 0.1) is 6.61 Å². The Bertz CT molecular complexity index is 1360. The van der Waals surface area contributed by atoms with E-state index in [1.165, 1.54) is 56.0 Å². The third-order valence-electron chi connectivity index (χ3n) is 7.76. The zero-order chi connectivity index (χ0) is 23.4. The molecule has 0 amide bonds. The molecule has 0 bridgehead atoms. The summed E-state index contributed by atoms with van der Waals surface area (Å²) in [6.45, 7) is 0.0554. The Kier molecular flexibility index (Phi) is 4.72. The van der Waals surface area contributed by atoms with Gasteiger partial charge in [-0.25, -0.2) is 0 Å². The summed E-state index contributed by atoms with van der Waals surface area (Å²) in [5.74, 6) is 1.72. The molecule has 2 aliphatic rings. The van der Waals surface area contributed by atoms with Gasteiger partial charge in [0.1, 0.15) is 0 Å². The van der Waals surface area contributed by atoms with Crippen LogP contribution in [0.15, 0.2) is 121 Å². The second-order valence-corrected chi connectivity index (χ2v) is 9.53.